The normalized spacial score (nSPS) is 21.8. The van der Waals surface area contributed by atoms with Gasteiger partial charge in [0.25, 0.3) is 0 Å². The van der Waals surface area contributed by atoms with Crippen molar-refractivity contribution in [3.05, 3.63) is 24.6 Å². The second-order valence-corrected chi connectivity index (χ2v) is 9.07. The zero-order valence-electron chi connectivity index (χ0n) is 20.4. The maximum atomic E-state index is 11.5. The van der Waals surface area contributed by atoms with Gasteiger partial charge in [-0.25, -0.2) is 0 Å². The lowest BCUT2D eigenvalue weighted by Gasteiger charge is -2.40. The Labute approximate surface area is 187 Å². The average molecular weight is 421 g/mol. The summed E-state index contributed by atoms with van der Waals surface area (Å²) in [4.78, 5) is 11.5. The van der Waals surface area contributed by atoms with E-state index in [9.17, 15) is 4.79 Å². The summed E-state index contributed by atoms with van der Waals surface area (Å²) in [6.45, 7) is 9.10. The van der Waals surface area contributed by atoms with Gasteiger partial charge in [-0.2, -0.15) is 0 Å². The molecule has 0 aromatic heterocycles. The summed E-state index contributed by atoms with van der Waals surface area (Å²) in [5.74, 6) is 0.0310. The molecule has 0 radical (unpaired) electrons. The van der Waals surface area contributed by atoms with Gasteiger partial charge >= 0.3 is 0 Å². The third kappa shape index (κ3) is 10.1. The fraction of sp³-hybridized carbons (Fsp3) is 0.808. The minimum atomic E-state index is 0.0310. The average Bonchev–Trinajstić information content (AvgIpc) is 3.14. The summed E-state index contributed by atoms with van der Waals surface area (Å²) in [6.07, 6.45) is 28.5. The number of unbranched alkanes of at least 4 members (excludes halogenated alkanes) is 13. The molecule has 1 rings (SSSR count). The van der Waals surface area contributed by atoms with Crippen molar-refractivity contribution in [2.24, 2.45) is 0 Å². The van der Waals surface area contributed by atoms with Crippen LogP contribution in [0.15, 0.2) is 24.6 Å². The van der Waals surface area contributed by atoms with Crippen LogP contribution in [0.5, 0.6) is 0 Å². The van der Waals surface area contributed by atoms with E-state index in [1.165, 1.54) is 83.5 Å². The lowest BCUT2D eigenvalue weighted by atomic mass is 10.0. The molecule has 0 spiro atoms. The Hall–Kier alpha value is -1.29. The zero-order valence-corrected chi connectivity index (χ0v) is 20.4. The van der Waals surface area contributed by atoms with Crippen LogP contribution in [-0.2, 0) is 4.79 Å². The van der Waals surface area contributed by atoms with Gasteiger partial charge in [0.2, 0.25) is 5.91 Å². The molecule has 1 aliphatic heterocycles. The number of likely N-dealkylation sites (N-methyl/N-ethyl adjacent to an activating group) is 1. The van der Waals surface area contributed by atoms with Gasteiger partial charge in [-0.15, -0.1) is 0 Å². The summed E-state index contributed by atoms with van der Waals surface area (Å²) < 4.78 is 0.731. The van der Waals surface area contributed by atoms with Crippen molar-refractivity contribution >= 4 is 5.91 Å². The monoisotopic (exact) mass is 420 g/mol. The van der Waals surface area contributed by atoms with E-state index in [1.807, 2.05) is 6.20 Å². The van der Waals surface area contributed by atoms with Crippen LogP contribution in [0.3, 0.4) is 0 Å². The van der Waals surface area contributed by atoms with Crippen molar-refractivity contribution in [3.8, 4) is 0 Å². The van der Waals surface area contributed by atoms with Gasteiger partial charge in [-0.05, 0) is 25.8 Å². The number of nitrogens with zero attached hydrogens (tertiary/aromatic N) is 1. The molecular formula is C26H50N3O+. The molecule has 174 valence electrons. The minimum Gasteiger partial charge on any atom is -0.334 e. The van der Waals surface area contributed by atoms with Gasteiger partial charge in [0.15, 0.2) is 12.3 Å². The first-order valence-corrected chi connectivity index (χ1v) is 12.8. The van der Waals surface area contributed by atoms with E-state index in [2.05, 4.69) is 49.8 Å². The number of rotatable bonds is 18. The minimum absolute atomic E-state index is 0.0310. The smallest absolute Gasteiger partial charge is 0.221 e. The van der Waals surface area contributed by atoms with E-state index in [0.717, 1.165) is 17.4 Å². The van der Waals surface area contributed by atoms with Crippen LogP contribution >= 0.6 is 0 Å². The number of allylic oxidation sites excluding steroid dienone is 1. The Morgan fingerprint density at radius 1 is 0.967 bits per heavy atom. The van der Waals surface area contributed by atoms with Crippen LogP contribution in [0, 0.1) is 0 Å². The molecule has 3 unspecified atom stereocenters. The number of carbonyl (C=O) groups excluding carboxylic acids is 1. The van der Waals surface area contributed by atoms with Gasteiger partial charge in [-0.1, -0.05) is 90.0 Å². The molecule has 0 fully saturated rings. The van der Waals surface area contributed by atoms with Gasteiger partial charge in [-0.3, -0.25) is 9.28 Å². The third-order valence-corrected chi connectivity index (χ3v) is 6.61. The molecule has 0 aromatic rings. The van der Waals surface area contributed by atoms with Crippen LogP contribution in [0.25, 0.3) is 0 Å². The van der Waals surface area contributed by atoms with Crippen LogP contribution < -0.4 is 10.6 Å². The van der Waals surface area contributed by atoms with E-state index in [0.29, 0.717) is 0 Å². The SMILES string of the molecule is CCCCCCCCCCCCCCC/C=C/C1NC=C[N+]1(CC)C(C)NC(C)=O. The highest BCUT2D eigenvalue weighted by Crippen LogP contribution is 2.23. The van der Waals surface area contributed by atoms with Crippen molar-refractivity contribution in [2.75, 3.05) is 6.54 Å². The maximum Gasteiger partial charge on any atom is 0.221 e. The van der Waals surface area contributed by atoms with Gasteiger partial charge in [0.1, 0.15) is 6.20 Å². The fourth-order valence-corrected chi connectivity index (χ4v) is 4.59. The molecule has 1 heterocycles. The first kappa shape index (κ1) is 26.7. The number of amides is 1. The quantitative estimate of drug-likeness (QED) is 0.146. The largest absolute Gasteiger partial charge is 0.334 e. The molecule has 3 atom stereocenters. The second kappa shape index (κ2) is 16.4. The molecule has 2 N–H and O–H groups in total. The molecule has 0 aromatic carbocycles. The lowest BCUT2D eigenvalue weighted by Crippen LogP contribution is -2.62. The van der Waals surface area contributed by atoms with E-state index >= 15 is 0 Å². The number of hydrogen-bond acceptors (Lipinski definition) is 2. The summed E-state index contributed by atoms with van der Waals surface area (Å²) in [7, 11) is 0. The molecule has 0 saturated carbocycles. The van der Waals surface area contributed by atoms with Crippen LogP contribution in [0.4, 0.5) is 0 Å². The van der Waals surface area contributed by atoms with E-state index < -0.39 is 0 Å². The summed E-state index contributed by atoms with van der Waals surface area (Å²) >= 11 is 0. The molecule has 1 aliphatic rings. The van der Waals surface area contributed by atoms with Crippen molar-refractivity contribution in [2.45, 2.75) is 130 Å². The second-order valence-electron chi connectivity index (χ2n) is 9.07. The van der Waals surface area contributed by atoms with Crippen molar-refractivity contribution < 1.29 is 9.28 Å². The third-order valence-electron chi connectivity index (χ3n) is 6.61. The van der Waals surface area contributed by atoms with Gasteiger partial charge in [0.05, 0.1) is 12.7 Å². The van der Waals surface area contributed by atoms with Crippen molar-refractivity contribution in [1.29, 1.82) is 0 Å². The van der Waals surface area contributed by atoms with Crippen molar-refractivity contribution in [1.82, 2.24) is 10.6 Å². The predicted octanol–water partition coefficient (Wildman–Crippen LogP) is 6.74. The number of hydrogen-bond donors (Lipinski definition) is 2. The molecule has 0 aliphatic carbocycles. The van der Waals surface area contributed by atoms with E-state index in [-0.39, 0.29) is 18.2 Å². The molecule has 1 amide bonds. The molecular weight excluding hydrogens is 370 g/mol. The number of carbonyl (C=O) groups is 1. The maximum absolute atomic E-state index is 11.5. The molecule has 0 bridgehead atoms. The Morgan fingerprint density at radius 3 is 2.00 bits per heavy atom. The molecule has 4 nitrogen and oxygen atoms in total. The fourth-order valence-electron chi connectivity index (χ4n) is 4.59. The predicted molar refractivity (Wildman–Crippen MR) is 130 cm³/mol. The zero-order chi connectivity index (χ0) is 22.1. The Balaban J connectivity index is 2.09. The van der Waals surface area contributed by atoms with Crippen molar-refractivity contribution in [3.63, 3.8) is 0 Å². The highest BCUT2D eigenvalue weighted by molar-refractivity contribution is 5.72. The van der Waals surface area contributed by atoms with Crippen LogP contribution in [0.1, 0.15) is 118 Å². The molecule has 0 saturated heterocycles. The van der Waals surface area contributed by atoms with E-state index in [1.54, 1.807) is 6.92 Å². The molecule has 4 heteroatoms. The van der Waals surface area contributed by atoms with Gasteiger partial charge in [0, 0.05) is 13.8 Å². The topological polar surface area (TPSA) is 41.1 Å². The Morgan fingerprint density at radius 2 is 1.50 bits per heavy atom. The van der Waals surface area contributed by atoms with Gasteiger partial charge < -0.3 is 10.6 Å². The lowest BCUT2D eigenvalue weighted by molar-refractivity contribution is -0.917. The summed E-state index contributed by atoms with van der Waals surface area (Å²) in [5, 5.41) is 6.52. The highest BCUT2D eigenvalue weighted by atomic mass is 16.1. The summed E-state index contributed by atoms with van der Waals surface area (Å²) in [5.41, 5.74) is 0. The van der Waals surface area contributed by atoms with Crippen LogP contribution in [-0.4, -0.2) is 29.3 Å². The summed E-state index contributed by atoms with van der Waals surface area (Å²) in [6, 6.07) is 0. The number of quaternary nitrogens is 1. The Bertz CT molecular complexity index is 503. The van der Waals surface area contributed by atoms with E-state index in [4.69, 9.17) is 0 Å². The standard InChI is InChI=1S/C26H49N3O/c1-5-7-8-9-10-11-12-13-14-15-16-17-18-19-20-21-26-27-22-23-29(26,6-2)24(3)28-25(4)30/h20-24,26-27H,5-19H2,1-4H3/p+1/b21-20+. The Kier molecular flexibility index (Phi) is 14.6. The number of nitrogens with one attached hydrogen (secondary N) is 2. The van der Waals surface area contributed by atoms with Crippen LogP contribution in [0.2, 0.25) is 0 Å². The molecule has 30 heavy (non-hydrogen) atoms. The first-order chi connectivity index (χ1) is 14.6. The first-order valence-electron chi connectivity index (χ1n) is 12.8. The highest BCUT2D eigenvalue weighted by Gasteiger charge is 2.40.